The molecule has 0 amide bonds. The Morgan fingerprint density at radius 3 is 0.842 bits per heavy atom. The predicted molar refractivity (Wildman–Crippen MR) is 397 cm³/mol. The van der Waals surface area contributed by atoms with Crippen molar-refractivity contribution in [3.8, 4) is 11.4 Å². The van der Waals surface area contributed by atoms with E-state index in [1.165, 1.54) is 53.6 Å². The molecule has 0 spiro atoms. The lowest BCUT2D eigenvalue weighted by Gasteiger charge is -2.34. The van der Waals surface area contributed by atoms with E-state index in [9.17, 15) is 13.2 Å². The Balaban J connectivity index is 0.945. The number of nitrogens with zero attached hydrogens (tertiary/aromatic N) is 3. The van der Waals surface area contributed by atoms with Crippen LogP contribution in [0.1, 0.15) is 5.56 Å². The van der Waals surface area contributed by atoms with Gasteiger partial charge in [0.2, 0.25) is 0 Å². The first kappa shape index (κ1) is 57.4. The first-order valence-corrected chi connectivity index (χ1v) is 36.2. The van der Waals surface area contributed by atoms with Crippen LogP contribution in [-0.2, 0) is 6.18 Å². The number of benzene rings is 15. The van der Waals surface area contributed by atoms with Crippen LogP contribution < -0.4 is 46.4 Å². The topological polar surface area (TPSA) is 13.1 Å². The van der Waals surface area contributed by atoms with Crippen LogP contribution in [0.5, 0.6) is 0 Å². The fourth-order valence-electron chi connectivity index (χ4n) is 15.3. The predicted octanol–water partition coefficient (Wildman–Crippen LogP) is 17.4. The number of hydrogen-bond donors (Lipinski definition) is 0. The summed E-state index contributed by atoms with van der Waals surface area (Å²) in [4.78, 5) is 2.14. The van der Waals surface area contributed by atoms with Crippen molar-refractivity contribution in [2.24, 2.45) is 0 Å². The van der Waals surface area contributed by atoms with Gasteiger partial charge in [0.15, 0.2) is 16.1 Å². The van der Waals surface area contributed by atoms with E-state index in [0.29, 0.717) is 5.69 Å². The molecule has 0 atom stereocenters. The summed E-state index contributed by atoms with van der Waals surface area (Å²) in [5, 5.41) is 18.7. The van der Waals surface area contributed by atoms with Crippen molar-refractivity contribution in [1.82, 2.24) is 9.13 Å². The Labute approximate surface area is 550 Å². The average molecular weight is 1260 g/mol. The zero-order chi connectivity index (χ0) is 63.7. The number of fused-ring (bicyclic) bond motifs is 8. The maximum absolute atomic E-state index is 14.7. The summed E-state index contributed by atoms with van der Waals surface area (Å²) >= 11 is 0. The van der Waals surface area contributed by atoms with Crippen molar-refractivity contribution in [2.75, 3.05) is 4.90 Å². The van der Waals surface area contributed by atoms with Gasteiger partial charge < -0.3 is 14.0 Å². The van der Waals surface area contributed by atoms with Gasteiger partial charge in [-0.15, -0.1) is 0 Å². The molecule has 0 aliphatic heterocycles. The minimum absolute atomic E-state index is 0.585. The molecule has 0 fully saturated rings. The van der Waals surface area contributed by atoms with E-state index in [-0.39, 0.29) is 0 Å². The number of halogens is 3. The fraction of sp³-hybridized carbons (Fsp3) is 0.0115. The summed E-state index contributed by atoms with van der Waals surface area (Å²) in [6.07, 6.45) is -4.54. The summed E-state index contributed by atoms with van der Waals surface area (Å²) in [5.41, 5.74) is 7.57. The van der Waals surface area contributed by atoms with E-state index >= 15 is 0 Å². The maximum Gasteiger partial charge on any atom is 0.416 e. The number of rotatable bonds is 13. The molecule has 17 rings (SSSR count). The van der Waals surface area contributed by atoms with Crippen LogP contribution in [0.15, 0.2) is 364 Å². The van der Waals surface area contributed by atoms with E-state index in [1.54, 1.807) is 12.1 Å². The summed E-state index contributed by atoms with van der Waals surface area (Å²) in [6, 6.07) is 129. The monoisotopic (exact) mass is 1260 g/mol. The quantitative estimate of drug-likeness (QED) is 0.0828. The molecule has 0 aliphatic carbocycles. The smallest absolute Gasteiger partial charge is 0.310 e. The van der Waals surface area contributed by atoms with Gasteiger partial charge >= 0.3 is 6.18 Å². The summed E-state index contributed by atoms with van der Waals surface area (Å²) in [5.74, 6) is 0. The molecule has 0 unspecified atom stereocenters. The fourth-order valence-corrected chi connectivity index (χ4v) is 24.9. The van der Waals surface area contributed by atoms with Gasteiger partial charge in [0.1, 0.15) is 0 Å². The van der Waals surface area contributed by atoms with Gasteiger partial charge in [-0.1, -0.05) is 267 Å². The third kappa shape index (κ3) is 9.54. The molecule has 0 bridgehead atoms. The van der Waals surface area contributed by atoms with Crippen LogP contribution in [0, 0.1) is 0 Å². The molecule has 0 radical (unpaired) electrons. The number of anilines is 3. The molecular formula is C87H60F3N3Si2. The Kier molecular flexibility index (Phi) is 14.0. The highest BCUT2D eigenvalue weighted by Gasteiger charge is 2.43. The third-order valence-electron chi connectivity index (χ3n) is 19.6. The molecule has 15 aromatic carbocycles. The van der Waals surface area contributed by atoms with Gasteiger partial charge in [-0.2, -0.15) is 13.2 Å². The second kappa shape index (κ2) is 23.2. The van der Waals surface area contributed by atoms with Crippen molar-refractivity contribution in [2.45, 2.75) is 6.18 Å². The van der Waals surface area contributed by atoms with Gasteiger partial charge in [-0.05, 0) is 160 Å². The van der Waals surface area contributed by atoms with Crippen LogP contribution in [0.4, 0.5) is 30.2 Å². The molecule has 17 aromatic rings. The second-order valence-electron chi connectivity index (χ2n) is 24.7. The summed E-state index contributed by atoms with van der Waals surface area (Å²) < 4.78 is 49.0. The van der Waals surface area contributed by atoms with Gasteiger partial charge in [0.05, 0.1) is 27.6 Å². The zero-order valence-electron chi connectivity index (χ0n) is 51.6. The molecule has 2 heterocycles. The van der Waals surface area contributed by atoms with Crippen LogP contribution in [-0.4, -0.2) is 25.3 Å². The van der Waals surface area contributed by atoms with Gasteiger partial charge in [0.25, 0.3) is 0 Å². The van der Waals surface area contributed by atoms with E-state index in [0.717, 1.165) is 87.9 Å². The SMILES string of the molecule is FC(F)(F)c1ccc(N(c2ccc3c(c2)c2cc([Si](c4ccccc4)(c4ccccc4)c4ccccc4)ccc2n3-c2ccc3ccccc3c2)c2ccc3c(c2)c2cc([Si](c4ccccc4)(c4ccccc4)c4ccccc4)ccc2n3-c2ccc3ccccc3c2)cc1. The van der Waals surface area contributed by atoms with Crippen LogP contribution in [0.2, 0.25) is 0 Å². The number of alkyl halides is 3. The van der Waals surface area contributed by atoms with Crippen molar-refractivity contribution in [1.29, 1.82) is 0 Å². The maximum atomic E-state index is 14.7. The lowest BCUT2D eigenvalue weighted by Crippen LogP contribution is -2.74. The zero-order valence-corrected chi connectivity index (χ0v) is 53.6. The molecule has 0 saturated carbocycles. The minimum atomic E-state index is -4.54. The largest absolute Gasteiger partial charge is 0.416 e. The van der Waals surface area contributed by atoms with Crippen LogP contribution >= 0.6 is 0 Å². The van der Waals surface area contributed by atoms with Crippen molar-refractivity contribution < 1.29 is 13.2 Å². The Morgan fingerprint density at radius 1 is 0.232 bits per heavy atom. The van der Waals surface area contributed by atoms with E-state index in [4.69, 9.17) is 0 Å². The van der Waals surface area contributed by atoms with Crippen molar-refractivity contribution >= 4 is 140 Å². The average Bonchev–Trinajstić information content (AvgIpc) is 1.52. The number of hydrogen-bond acceptors (Lipinski definition) is 1. The van der Waals surface area contributed by atoms with Gasteiger partial charge in [-0.3, -0.25) is 0 Å². The highest BCUT2D eigenvalue weighted by molar-refractivity contribution is 7.20. The molecule has 3 nitrogen and oxygen atoms in total. The van der Waals surface area contributed by atoms with Crippen LogP contribution in [0.3, 0.4) is 0 Å². The number of aromatic nitrogens is 2. The lowest BCUT2D eigenvalue weighted by molar-refractivity contribution is -0.137. The molecular weight excluding hydrogens is 1200 g/mol. The Bertz CT molecular complexity index is 5180. The van der Waals surface area contributed by atoms with Crippen molar-refractivity contribution in [3.05, 3.63) is 370 Å². The highest BCUT2D eigenvalue weighted by Crippen LogP contribution is 2.44. The standard InChI is InChI=1S/C87H60F3N3Si2/c88-87(89,90)65-41-45-66(46-42-65)91(69-47-51-83-79(57-69)81-59-77(49-53-85(81)92(83)67-43-39-61-23-19-21-25-63(61)55-67)94(71-27-7-1-8-28-71,72-29-9-2-10-30-72)73-31-11-3-12-32-73)70-48-52-84-80(58-70)82-60-78(50-54-86(82)93(84)68-44-40-62-24-20-22-26-64(62)56-68)95(74-33-13-4-14-34-74,75-35-15-5-16-36-75)76-37-17-6-18-38-76/h1-60H. The van der Waals surface area contributed by atoms with E-state index in [1.807, 2.05) is 0 Å². The third-order valence-corrected chi connectivity index (χ3v) is 29.1. The second-order valence-corrected chi connectivity index (χ2v) is 32.3. The van der Waals surface area contributed by atoms with Gasteiger partial charge in [0, 0.05) is 50.0 Å². The normalized spacial score (nSPS) is 12.2. The highest BCUT2D eigenvalue weighted by atomic mass is 28.3. The van der Waals surface area contributed by atoms with E-state index in [2.05, 4.69) is 354 Å². The van der Waals surface area contributed by atoms with Crippen molar-refractivity contribution in [3.63, 3.8) is 0 Å². The van der Waals surface area contributed by atoms with E-state index < -0.39 is 27.9 Å². The lowest BCUT2D eigenvalue weighted by atomic mass is 10.1. The summed E-state index contributed by atoms with van der Waals surface area (Å²) in [7, 11) is -6.09. The van der Waals surface area contributed by atoms with Gasteiger partial charge in [-0.25, -0.2) is 0 Å². The Hall–Kier alpha value is -11.6. The minimum Gasteiger partial charge on any atom is -0.310 e. The first-order chi connectivity index (χ1) is 46.7. The molecule has 95 heavy (non-hydrogen) atoms. The summed E-state index contributed by atoms with van der Waals surface area (Å²) in [6.45, 7) is 0. The molecule has 2 aromatic heterocycles. The molecule has 8 heteroatoms. The Morgan fingerprint density at radius 2 is 0.516 bits per heavy atom. The molecule has 452 valence electrons. The molecule has 0 saturated heterocycles. The molecule has 0 aliphatic rings. The first-order valence-electron chi connectivity index (χ1n) is 32.2. The van der Waals surface area contributed by atoms with Crippen LogP contribution in [0.25, 0.3) is 76.5 Å². The molecule has 0 N–H and O–H groups in total.